The molecule has 0 bridgehead atoms. The minimum atomic E-state index is 0.276. The molecule has 3 rings (SSSR count). The zero-order valence-electron chi connectivity index (χ0n) is 9.96. The van der Waals surface area contributed by atoms with Gasteiger partial charge in [-0.3, -0.25) is 4.98 Å². The maximum atomic E-state index is 9.85. The topological polar surface area (TPSA) is 64.1 Å². The standard InChI is InChI=1S/C14H13N3O/c1-17-12-3-2-4-14(18)10(12)8-13(17)11-7-9(15)5-6-16-11/h2-8,18H,1H3,(H2,15,16). The molecule has 0 radical (unpaired) electrons. The third-order valence-electron chi connectivity index (χ3n) is 3.11. The van der Waals surface area contributed by atoms with Gasteiger partial charge in [-0.1, -0.05) is 6.07 Å². The highest BCUT2D eigenvalue weighted by Crippen LogP contribution is 2.31. The maximum Gasteiger partial charge on any atom is 0.124 e. The molecule has 0 aliphatic heterocycles. The minimum Gasteiger partial charge on any atom is -0.507 e. The van der Waals surface area contributed by atoms with Crippen molar-refractivity contribution in [3.05, 3.63) is 42.6 Å². The Bertz CT molecular complexity index is 731. The third-order valence-corrected chi connectivity index (χ3v) is 3.11. The molecule has 4 heteroatoms. The van der Waals surface area contributed by atoms with Crippen molar-refractivity contribution in [3.63, 3.8) is 0 Å². The highest BCUT2D eigenvalue weighted by molar-refractivity contribution is 5.91. The van der Waals surface area contributed by atoms with Crippen molar-refractivity contribution in [2.75, 3.05) is 5.73 Å². The molecule has 90 valence electrons. The second kappa shape index (κ2) is 3.77. The van der Waals surface area contributed by atoms with Crippen LogP contribution >= 0.6 is 0 Å². The van der Waals surface area contributed by atoms with Crippen LogP contribution in [0.15, 0.2) is 42.6 Å². The third kappa shape index (κ3) is 1.50. The Labute approximate surface area is 104 Å². The molecule has 18 heavy (non-hydrogen) atoms. The van der Waals surface area contributed by atoms with E-state index in [1.807, 2.05) is 35.9 Å². The molecule has 0 unspecified atom stereocenters. The van der Waals surface area contributed by atoms with E-state index in [4.69, 9.17) is 5.73 Å². The van der Waals surface area contributed by atoms with E-state index in [0.717, 1.165) is 22.3 Å². The first-order valence-corrected chi connectivity index (χ1v) is 5.66. The van der Waals surface area contributed by atoms with Gasteiger partial charge in [-0.05, 0) is 30.3 Å². The lowest BCUT2D eigenvalue weighted by molar-refractivity contribution is 0.481. The van der Waals surface area contributed by atoms with E-state index in [2.05, 4.69) is 4.98 Å². The number of aromatic hydroxyl groups is 1. The largest absolute Gasteiger partial charge is 0.507 e. The Balaban J connectivity index is 2.30. The summed E-state index contributed by atoms with van der Waals surface area (Å²) >= 11 is 0. The first-order chi connectivity index (χ1) is 8.66. The molecular weight excluding hydrogens is 226 g/mol. The van der Waals surface area contributed by atoms with Crippen LogP contribution in [-0.2, 0) is 7.05 Å². The number of hydrogen-bond donors (Lipinski definition) is 2. The van der Waals surface area contributed by atoms with Gasteiger partial charge in [0.15, 0.2) is 0 Å². The maximum absolute atomic E-state index is 9.85. The van der Waals surface area contributed by atoms with E-state index >= 15 is 0 Å². The number of fused-ring (bicyclic) bond motifs is 1. The number of benzene rings is 1. The van der Waals surface area contributed by atoms with Crippen molar-refractivity contribution >= 4 is 16.6 Å². The zero-order valence-corrected chi connectivity index (χ0v) is 9.96. The lowest BCUT2D eigenvalue weighted by Crippen LogP contribution is -1.94. The lowest BCUT2D eigenvalue weighted by atomic mass is 10.2. The van der Waals surface area contributed by atoms with Gasteiger partial charge in [-0.25, -0.2) is 0 Å². The molecule has 0 spiro atoms. The van der Waals surface area contributed by atoms with Gasteiger partial charge in [0.1, 0.15) is 5.75 Å². The predicted molar refractivity (Wildman–Crippen MR) is 72.2 cm³/mol. The molecule has 2 heterocycles. The molecule has 0 aliphatic carbocycles. The van der Waals surface area contributed by atoms with Crippen molar-refractivity contribution in [3.8, 4) is 17.1 Å². The van der Waals surface area contributed by atoms with E-state index in [0.29, 0.717) is 5.69 Å². The van der Waals surface area contributed by atoms with Crippen molar-refractivity contribution in [2.45, 2.75) is 0 Å². The number of nitrogens with two attached hydrogens (primary N) is 1. The van der Waals surface area contributed by atoms with Gasteiger partial charge in [0.2, 0.25) is 0 Å². The fraction of sp³-hybridized carbons (Fsp3) is 0.0714. The first-order valence-electron chi connectivity index (χ1n) is 5.66. The van der Waals surface area contributed by atoms with Crippen molar-refractivity contribution in [1.82, 2.24) is 9.55 Å². The monoisotopic (exact) mass is 239 g/mol. The van der Waals surface area contributed by atoms with Crippen LogP contribution in [0.5, 0.6) is 5.75 Å². The number of aromatic nitrogens is 2. The summed E-state index contributed by atoms with van der Waals surface area (Å²) in [6.07, 6.45) is 1.68. The summed E-state index contributed by atoms with van der Waals surface area (Å²) in [5, 5.41) is 10.7. The number of anilines is 1. The van der Waals surface area contributed by atoms with Crippen LogP contribution < -0.4 is 5.73 Å². The molecule has 2 aromatic heterocycles. The molecule has 0 atom stereocenters. The summed E-state index contributed by atoms with van der Waals surface area (Å²) in [6.45, 7) is 0. The van der Waals surface area contributed by atoms with Crippen molar-refractivity contribution < 1.29 is 5.11 Å². The fourth-order valence-corrected chi connectivity index (χ4v) is 2.18. The predicted octanol–water partition coefficient (Wildman–Crippen LogP) is 2.53. The summed E-state index contributed by atoms with van der Waals surface area (Å²) in [5.41, 5.74) is 9.14. The first kappa shape index (κ1) is 10.7. The van der Waals surface area contributed by atoms with E-state index in [1.165, 1.54) is 0 Å². The Morgan fingerprint density at radius 2 is 2.06 bits per heavy atom. The molecule has 1 aromatic carbocycles. The van der Waals surface area contributed by atoms with E-state index in [-0.39, 0.29) is 5.75 Å². The van der Waals surface area contributed by atoms with Gasteiger partial charge in [0, 0.05) is 24.3 Å². The highest BCUT2D eigenvalue weighted by Gasteiger charge is 2.11. The van der Waals surface area contributed by atoms with Crippen LogP contribution in [0.3, 0.4) is 0 Å². The van der Waals surface area contributed by atoms with Crippen LogP contribution in [0.1, 0.15) is 0 Å². The zero-order chi connectivity index (χ0) is 12.7. The number of pyridine rings is 1. The Morgan fingerprint density at radius 3 is 2.78 bits per heavy atom. The highest BCUT2D eigenvalue weighted by atomic mass is 16.3. The molecule has 3 aromatic rings. The van der Waals surface area contributed by atoms with E-state index < -0.39 is 0 Å². The smallest absolute Gasteiger partial charge is 0.124 e. The molecule has 4 nitrogen and oxygen atoms in total. The molecule has 3 N–H and O–H groups in total. The molecule has 0 saturated carbocycles. The van der Waals surface area contributed by atoms with Gasteiger partial charge >= 0.3 is 0 Å². The number of aryl methyl sites for hydroxylation is 1. The normalized spacial score (nSPS) is 10.9. The average Bonchev–Trinajstić information content (AvgIpc) is 2.69. The number of rotatable bonds is 1. The number of phenols is 1. The Hall–Kier alpha value is -2.49. The number of hydrogen-bond acceptors (Lipinski definition) is 3. The SMILES string of the molecule is Cn1c(-c2cc(N)ccn2)cc2c(O)cccc21. The number of phenolic OH excluding ortho intramolecular Hbond substituents is 1. The van der Waals surface area contributed by atoms with Crippen LogP contribution in [0.2, 0.25) is 0 Å². The molecular formula is C14H13N3O. The summed E-state index contributed by atoms with van der Waals surface area (Å²) < 4.78 is 2.00. The summed E-state index contributed by atoms with van der Waals surface area (Å²) in [7, 11) is 1.95. The number of nitrogens with zero attached hydrogens (tertiary/aromatic N) is 2. The molecule has 0 saturated heterocycles. The van der Waals surface area contributed by atoms with Gasteiger partial charge in [-0.2, -0.15) is 0 Å². The Kier molecular flexibility index (Phi) is 2.23. The molecule has 0 aliphatic rings. The second-order valence-corrected chi connectivity index (χ2v) is 4.27. The fourth-order valence-electron chi connectivity index (χ4n) is 2.18. The summed E-state index contributed by atoms with van der Waals surface area (Å²) in [4.78, 5) is 4.31. The van der Waals surface area contributed by atoms with Crippen molar-refractivity contribution in [2.24, 2.45) is 7.05 Å². The van der Waals surface area contributed by atoms with Crippen LogP contribution in [0.25, 0.3) is 22.3 Å². The quantitative estimate of drug-likeness (QED) is 0.685. The summed E-state index contributed by atoms with van der Waals surface area (Å²) in [5.74, 6) is 0.276. The number of nitrogen functional groups attached to an aromatic ring is 1. The van der Waals surface area contributed by atoms with E-state index in [9.17, 15) is 5.11 Å². The second-order valence-electron chi connectivity index (χ2n) is 4.27. The van der Waals surface area contributed by atoms with Crippen LogP contribution in [-0.4, -0.2) is 14.7 Å². The summed E-state index contributed by atoms with van der Waals surface area (Å²) in [6, 6.07) is 11.0. The van der Waals surface area contributed by atoms with Gasteiger partial charge in [-0.15, -0.1) is 0 Å². The van der Waals surface area contributed by atoms with Crippen LogP contribution in [0, 0.1) is 0 Å². The lowest BCUT2D eigenvalue weighted by Gasteiger charge is -2.04. The van der Waals surface area contributed by atoms with Crippen LogP contribution in [0.4, 0.5) is 5.69 Å². The average molecular weight is 239 g/mol. The molecule has 0 amide bonds. The van der Waals surface area contributed by atoms with Gasteiger partial charge < -0.3 is 15.4 Å². The Morgan fingerprint density at radius 1 is 1.22 bits per heavy atom. The van der Waals surface area contributed by atoms with E-state index in [1.54, 1.807) is 18.3 Å². The molecule has 0 fully saturated rings. The van der Waals surface area contributed by atoms with Gasteiger partial charge in [0.05, 0.1) is 16.9 Å². The minimum absolute atomic E-state index is 0.276. The van der Waals surface area contributed by atoms with Gasteiger partial charge in [0.25, 0.3) is 0 Å². The van der Waals surface area contributed by atoms with Crippen molar-refractivity contribution in [1.29, 1.82) is 0 Å².